The van der Waals surface area contributed by atoms with E-state index in [0.29, 0.717) is 5.92 Å². The first-order valence-corrected chi connectivity index (χ1v) is 5.56. The van der Waals surface area contributed by atoms with E-state index < -0.39 is 6.09 Å². The summed E-state index contributed by atoms with van der Waals surface area (Å²) in [5, 5.41) is 2.53. The van der Waals surface area contributed by atoms with E-state index in [-0.39, 0.29) is 6.04 Å². The molecule has 0 radical (unpaired) electrons. The van der Waals surface area contributed by atoms with Crippen LogP contribution in [0.25, 0.3) is 0 Å². The quantitative estimate of drug-likeness (QED) is 0.725. The molecule has 1 unspecified atom stereocenters. The van der Waals surface area contributed by atoms with Crippen LogP contribution in [0.3, 0.4) is 0 Å². The Hall–Kier alpha value is -1.06. The van der Waals surface area contributed by atoms with Crippen LogP contribution >= 0.6 is 0 Å². The smallest absolute Gasteiger partial charge is 0.407 e. The number of aldehydes is 1. The fourth-order valence-electron chi connectivity index (χ4n) is 2.14. The SMILES string of the molecule is COC(=O)NC(C=O)CC1CCCCC1. The summed E-state index contributed by atoms with van der Waals surface area (Å²) in [7, 11) is 1.30. The molecule has 1 aliphatic rings. The number of nitrogens with one attached hydrogen (secondary N) is 1. The summed E-state index contributed by atoms with van der Waals surface area (Å²) in [6.45, 7) is 0. The molecule has 1 rings (SSSR count). The van der Waals surface area contributed by atoms with Crippen molar-refractivity contribution in [3.8, 4) is 0 Å². The minimum Gasteiger partial charge on any atom is -0.453 e. The Morgan fingerprint density at radius 2 is 2.13 bits per heavy atom. The summed E-state index contributed by atoms with van der Waals surface area (Å²) in [6, 6.07) is -0.388. The highest BCUT2D eigenvalue weighted by molar-refractivity contribution is 5.72. The van der Waals surface area contributed by atoms with E-state index in [9.17, 15) is 9.59 Å². The third-order valence-corrected chi connectivity index (χ3v) is 2.96. The van der Waals surface area contributed by atoms with Crippen LogP contribution in [0.1, 0.15) is 38.5 Å². The summed E-state index contributed by atoms with van der Waals surface area (Å²) >= 11 is 0. The van der Waals surface area contributed by atoms with Gasteiger partial charge < -0.3 is 14.8 Å². The Bertz CT molecular complexity index is 212. The Balaban J connectivity index is 2.31. The van der Waals surface area contributed by atoms with Crippen LogP contribution in [0.15, 0.2) is 0 Å². The van der Waals surface area contributed by atoms with E-state index in [0.717, 1.165) is 12.7 Å². The van der Waals surface area contributed by atoms with Crippen LogP contribution < -0.4 is 5.32 Å². The van der Waals surface area contributed by atoms with Gasteiger partial charge in [-0.15, -0.1) is 0 Å². The lowest BCUT2D eigenvalue weighted by atomic mass is 9.85. The van der Waals surface area contributed by atoms with Crippen molar-refractivity contribution in [2.75, 3.05) is 7.11 Å². The van der Waals surface area contributed by atoms with Crippen molar-refractivity contribution in [1.29, 1.82) is 0 Å². The van der Waals surface area contributed by atoms with Gasteiger partial charge in [0.15, 0.2) is 0 Å². The van der Waals surface area contributed by atoms with Crippen LogP contribution in [0, 0.1) is 5.92 Å². The van der Waals surface area contributed by atoms with E-state index in [1.807, 2.05) is 0 Å². The van der Waals surface area contributed by atoms with Gasteiger partial charge in [0, 0.05) is 0 Å². The molecule has 0 aromatic carbocycles. The molecular weight excluding hydrogens is 194 g/mol. The van der Waals surface area contributed by atoms with Crippen molar-refractivity contribution >= 4 is 12.4 Å². The topological polar surface area (TPSA) is 55.4 Å². The molecular formula is C11H19NO3. The molecule has 1 atom stereocenters. The van der Waals surface area contributed by atoms with Gasteiger partial charge in [-0.1, -0.05) is 32.1 Å². The molecule has 1 amide bonds. The first-order chi connectivity index (χ1) is 7.26. The van der Waals surface area contributed by atoms with E-state index in [1.54, 1.807) is 0 Å². The normalized spacial score (nSPS) is 19.3. The molecule has 1 aliphatic carbocycles. The second-order valence-corrected chi connectivity index (χ2v) is 4.12. The molecule has 15 heavy (non-hydrogen) atoms. The Morgan fingerprint density at radius 3 is 2.67 bits per heavy atom. The minimum absolute atomic E-state index is 0.388. The number of carbonyl (C=O) groups is 2. The molecule has 0 aliphatic heterocycles. The van der Waals surface area contributed by atoms with Crippen LogP contribution in [-0.4, -0.2) is 25.5 Å². The first kappa shape index (κ1) is 12.0. The van der Waals surface area contributed by atoms with Crippen molar-refractivity contribution in [2.24, 2.45) is 5.92 Å². The van der Waals surface area contributed by atoms with E-state index in [2.05, 4.69) is 10.1 Å². The lowest BCUT2D eigenvalue weighted by Crippen LogP contribution is -2.37. The summed E-state index contributed by atoms with van der Waals surface area (Å²) < 4.78 is 4.46. The number of ether oxygens (including phenoxy) is 1. The molecule has 86 valence electrons. The first-order valence-electron chi connectivity index (χ1n) is 5.56. The number of amides is 1. The molecule has 1 N–H and O–H groups in total. The molecule has 1 fully saturated rings. The second-order valence-electron chi connectivity index (χ2n) is 4.12. The van der Waals surface area contributed by atoms with Crippen LogP contribution in [0.2, 0.25) is 0 Å². The van der Waals surface area contributed by atoms with Crippen molar-refractivity contribution in [3.63, 3.8) is 0 Å². The lowest BCUT2D eigenvalue weighted by molar-refractivity contribution is -0.109. The number of hydrogen-bond donors (Lipinski definition) is 1. The molecule has 4 heteroatoms. The third-order valence-electron chi connectivity index (χ3n) is 2.96. The average molecular weight is 213 g/mol. The maximum atomic E-state index is 10.9. The van der Waals surface area contributed by atoms with Crippen LogP contribution in [-0.2, 0) is 9.53 Å². The van der Waals surface area contributed by atoms with Gasteiger partial charge in [-0.05, 0) is 12.3 Å². The minimum atomic E-state index is -0.525. The monoisotopic (exact) mass is 213 g/mol. The predicted octanol–water partition coefficient (Wildman–Crippen LogP) is 1.88. The number of alkyl carbamates (subject to hydrolysis) is 1. The zero-order valence-electron chi connectivity index (χ0n) is 9.20. The van der Waals surface area contributed by atoms with E-state index in [4.69, 9.17) is 0 Å². The number of carbonyl (C=O) groups excluding carboxylic acids is 2. The lowest BCUT2D eigenvalue weighted by Gasteiger charge is -2.24. The summed E-state index contributed by atoms with van der Waals surface area (Å²) in [5.41, 5.74) is 0. The molecule has 0 spiro atoms. The zero-order valence-corrected chi connectivity index (χ0v) is 9.20. The summed E-state index contributed by atoms with van der Waals surface area (Å²) in [4.78, 5) is 21.7. The maximum absolute atomic E-state index is 10.9. The Kier molecular flexibility index (Phi) is 5.15. The van der Waals surface area contributed by atoms with Crippen molar-refractivity contribution in [1.82, 2.24) is 5.32 Å². The third kappa shape index (κ3) is 4.32. The molecule has 0 aromatic rings. The van der Waals surface area contributed by atoms with Gasteiger partial charge in [-0.2, -0.15) is 0 Å². The fourth-order valence-corrected chi connectivity index (χ4v) is 2.14. The Labute approximate surface area is 90.4 Å². The second kappa shape index (κ2) is 6.43. The fraction of sp³-hybridized carbons (Fsp3) is 0.818. The molecule has 0 saturated heterocycles. The summed E-state index contributed by atoms with van der Waals surface area (Å²) in [5.74, 6) is 0.575. The highest BCUT2D eigenvalue weighted by atomic mass is 16.5. The largest absolute Gasteiger partial charge is 0.453 e. The maximum Gasteiger partial charge on any atom is 0.407 e. The van der Waals surface area contributed by atoms with Gasteiger partial charge in [0.25, 0.3) is 0 Å². The number of hydrogen-bond acceptors (Lipinski definition) is 3. The standard InChI is InChI=1S/C11H19NO3/c1-15-11(14)12-10(8-13)7-9-5-3-2-4-6-9/h8-10H,2-7H2,1H3,(H,12,14). The van der Waals surface area contributed by atoms with Gasteiger partial charge >= 0.3 is 6.09 Å². The zero-order chi connectivity index (χ0) is 11.1. The van der Waals surface area contributed by atoms with E-state index >= 15 is 0 Å². The Morgan fingerprint density at radius 1 is 1.47 bits per heavy atom. The number of rotatable bonds is 4. The molecule has 1 saturated carbocycles. The molecule has 0 bridgehead atoms. The molecule has 0 heterocycles. The van der Waals surface area contributed by atoms with Gasteiger partial charge in [-0.25, -0.2) is 4.79 Å². The van der Waals surface area contributed by atoms with Gasteiger partial charge in [0.1, 0.15) is 6.29 Å². The van der Waals surface area contributed by atoms with Gasteiger partial charge in [0.2, 0.25) is 0 Å². The summed E-state index contributed by atoms with van der Waals surface area (Å²) in [6.07, 6.45) is 7.16. The molecule has 4 nitrogen and oxygen atoms in total. The van der Waals surface area contributed by atoms with E-state index in [1.165, 1.54) is 39.2 Å². The number of methoxy groups -OCH3 is 1. The highest BCUT2D eigenvalue weighted by Gasteiger charge is 2.19. The van der Waals surface area contributed by atoms with Crippen molar-refractivity contribution in [2.45, 2.75) is 44.6 Å². The van der Waals surface area contributed by atoms with Crippen LogP contribution in [0.5, 0.6) is 0 Å². The highest BCUT2D eigenvalue weighted by Crippen LogP contribution is 2.26. The van der Waals surface area contributed by atoms with Gasteiger partial charge in [0.05, 0.1) is 13.2 Å². The van der Waals surface area contributed by atoms with Crippen molar-refractivity contribution in [3.05, 3.63) is 0 Å². The van der Waals surface area contributed by atoms with Crippen LogP contribution in [0.4, 0.5) is 4.79 Å². The molecule has 0 aromatic heterocycles. The average Bonchev–Trinajstić information content (AvgIpc) is 2.29. The predicted molar refractivity (Wildman–Crippen MR) is 56.6 cm³/mol. The van der Waals surface area contributed by atoms with Crippen molar-refractivity contribution < 1.29 is 14.3 Å². The van der Waals surface area contributed by atoms with Gasteiger partial charge in [-0.3, -0.25) is 0 Å².